The molecule has 1 aliphatic carbocycles. The molecule has 2 rings (SSSR count). The van der Waals surface area contributed by atoms with E-state index in [-0.39, 0.29) is 16.9 Å². The summed E-state index contributed by atoms with van der Waals surface area (Å²) >= 11 is 6.42. The van der Waals surface area contributed by atoms with Crippen LogP contribution in [0, 0.1) is 5.41 Å². The van der Waals surface area contributed by atoms with Crippen molar-refractivity contribution in [2.75, 3.05) is 0 Å². The summed E-state index contributed by atoms with van der Waals surface area (Å²) in [7, 11) is 0. The Bertz CT molecular complexity index is 406. The van der Waals surface area contributed by atoms with Gasteiger partial charge in [0, 0.05) is 17.2 Å². The highest BCUT2D eigenvalue weighted by Crippen LogP contribution is 2.51. The summed E-state index contributed by atoms with van der Waals surface area (Å²) in [5.74, 6) is 1.54. The highest BCUT2D eigenvalue weighted by Gasteiger charge is 2.53. The molecular formula is C17H25ClO. The monoisotopic (exact) mass is 280 g/mol. The fourth-order valence-electron chi connectivity index (χ4n) is 3.11. The third-order valence-electron chi connectivity index (χ3n) is 4.83. The van der Waals surface area contributed by atoms with Crippen molar-refractivity contribution in [2.45, 2.75) is 64.4 Å². The van der Waals surface area contributed by atoms with Gasteiger partial charge in [0.25, 0.3) is 0 Å². The Hall–Kier alpha value is -0.690. The summed E-state index contributed by atoms with van der Waals surface area (Å²) in [4.78, 5) is 0. The van der Waals surface area contributed by atoms with Gasteiger partial charge in [-0.15, -0.1) is 11.6 Å². The average molecular weight is 281 g/mol. The number of rotatable bonds is 5. The van der Waals surface area contributed by atoms with Crippen LogP contribution in [0.25, 0.3) is 0 Å². The van der Waals surface area contributed by atoms with Gasteiger partial charge < -0.3 is 4.74 Å². The van der Waals surface area contributed by atoms with Crippen LogP contribution in [0.4, 0.5) is 0 Å². The average Bonchev–Trinajstić information content (AvgIpc) is 2.40. The Morgan fingerprint density at radius 1 is 1.21 bits per heavy atom. The molecule has 0 radical (unpaired) electrons. The number of hydrogen-bond donors (Lipinski definition) is 0. The second kappa shape index (κ2) is 5.75. The summed E-state index contributed by atoms with van der Waals surface area (Å²) in [6, 6.07) is 8.51. The molecular weight excluding hydrogens is 256 g/mol. The van der Waals surface area contributed by atoms with Gasteiger partial charge in [0.05, 0.1) is 0 Å². The molecule has 1 aromatic rings. The molecule has 2 heteroatoms. The van der Waals surface area contributed by atoms with Crippen LogP contribution in [0.2, 0.25) is 0 Å². The largest absolute Gasteiger partial charge is 0.490 e. The Kier molecular flexibility index (Phi) is 4.45. The SMILES string of the molecule is CCC1(CC)C(Cl)CC1Oc1ccc(C(C)C)cc1. The van der Waals surface area contributed by atoms with Crippen LogP contribution in [-0.2, 0) is 0 Å². The Morgan fingerprint density at radius 2 is 1.79 bits per heavy atom. The van der Waals surface area contributed by atoms with Gasteiger partial charge in [-0.05, 0) is 36.5 Å². The predicted octanol–water partition coefficient (Wildman–Crippen LogP) is 5.37. The van der Waals surface area contributed by atoms with E-state index in [1.54, 1.807) is 0 Å². The fourth-order valence-corrected chi connectivity index (χ4v) is 3.72. The Labute approximate surface area is 122 Å². The molecule has 0 aromatic heterocycles. The Morgan fingerprint density at radius 3 is 2.21 bits per heavy atom. The number of benzene rings is 1. The minimum atomic E-state index is 0.165. The molecule has 106 valence electrons. The molecule has 1 saturated carbocycles. The van der Waals surface area contributed by atoms with Crippen molar-refractivity contribution < 1.29 is 4.74 Å². The van der Waals surface area contributed by atoms with E-state index in [2.05, 4.69) is 52.0 Å². The molecule has 2 atom stereocenters. The third kappa shape index (κ3) is 2.63. The first-order chi connectivity index (χ1) is 9.03. The number of hydrogen-bond acceptors (Lipinski definition) is 1. The van der Waals surface area contributed by atoms with Crippen LogP contribution in [-0.4, -0.2) is 11.5 Å². The molecule has 0 bridgehead atoms. The lowest BCUT2D eigenvalue weighted by Crippen LogP contribution is -2.56. The van der Waals surface area contributed by atoms with Gasteiger partial charge >= 0.3 is 0 Å². The van der Waals surface area contributed by atoms with Crippen molar-refractivity contribution in [3.63, 3.8) is 0 Å². The zero-order valence-electron chi connectivity index (χ0n) is 12.4. The summed E-state index contributed by atoms with van der Waals surface area (Å²) in [5, 5.41) is 0.266. The maximum atomic E-state index is 6.42. The Balaban J connectivity index is 2.05. The molecule has 0 amide bonds. The maximum absolute atomic E-state index is 6.42. The number of halogens is 1. The fraction of sp³-hybridized carbons (Fsp3) is 0.647. The van der Waals surface area contributed by atoms with Crippen molar-refractivity contribution in [2.24, 2.45) is 5.41 Å². The summed E-state index contributed by atoms with van der Waals surface area (Å²) in [6.07, 6.45) is 3.42. The lowest BCUT2D eigenvalue weighted by Gasteiger charge is -2.52. The topological polar surface area (TPSA) is 9.23 Å². The quantitative estimate of drug-likeness (QED) is 0.659. The van der Waals surface area contributed by atoms with E-state index in [9.17, 15) is 0 Å². The summed E-state index contributed by atoms with van der Waals surface area (Å²) < 4.78 is 6.17. The molecule has 0 aliphatic heterocycles. The van der Waals surface area contributed by atoms with Gasteiger partial charge in [0.1, 0.15) is 11.9 Å². The van der Waals surface area contributed by atoms with Gasteiger partial charge in [0.15, 0.2) is 0 Å². The van der Waals surface area contributed by atoms with Crippen molar-refractivity contribution >= 4 is 11.6 Å². The molecule has 19 heavy (non-hydrogen) atoms. The van der Waals surface area contributed by atoms with E-state index >= 15 is 0 Å². The second-order valence-electron chi connectivity index (χ2n) is 5.97. The van der Waals surface area contributed by atoms with E-state index in [1.165, 1.54) is 5.56 Å². The molecule has 1 nitrogen and oxygen atoms in total. The first-order valence-electron chi connectivity index (χ1n) is 7.44. The van der Waals surface area contributed by atoms with Crippen LogP contribution in [0.5, 0.6) is 5.75 Å². The number of alkyl halides is 1. The van der Waals surface area contributed by atoms with Crippen molar-refractivity contribution in [1.82, 2.24) is 0 Å². The lowest BCUT2D eigenvalue weighted by atomic mass is 9.62. The van der Waals surface area contributed by atoms with Gasteiger partial charge in [-0.25, -0.2) is 0 Å². The van der Waals surface area contributed by atoms with E-state index in [4.69, 9.17) is 16.3 Å². The van der Waals surface area contributed by atoms with Crippen molar-refractivity contribution in [3.8, 4) is 5.75 Å². The summed E-state index contributed by atoms with van der Waals surface area (Å²) in [6.45, 7) is 8.85. The van der Waals surface area contributed by atoms with Crippen LogP contribution in [0.15, 0.2) is 24.3 Å². The first kappa shape index (κ1) is 14.7. The lowest BCUT2D eigenvalue weighted by molar-refractivity contribution is -0.0462. The smallest absolute Gasteiger partial charge is 0.119 e. The second-order valence-corrected chi connectivity index (χ2v) is 6.50. The summed E-state index contributed by atoms with van der Waals surface area (Å²) in [5.41, 5.74) is 1.52. The minimum Gasteiger partial charge on any atom is -0.490 e. The van der Waals surface area contributed by atoms with Crippen LogP contribution >= 0.6 is 11.6 Å². The zero-order chi connectivity index (χ0) is 14.0. The highest BCUT2D eigenvalue weighted by molar-refractivity contribution is 6.21. The van der Waals surface area contributed by atoms with Crippen molar-refractivity contribution in [3.05, 3.63) is 29.8 Å². The molecule has 1 aromatic carbocycles. The van der Waals surface area contributed by atoms with E-state index in [1.807, 2.05) is 0 Å². The maximum Gasteiger partial charge on any atom is 0.119 e. The predicted molar refractivity (Wildman–Crippen MR) is 82.2 cm³/mol. The molecule has 0 spiro atoms. The third-order valence-corrected chi connectivity index (χ3v) is 5.44. The zero-order valence-corrected chi connectivity index (χ0v) is 13.2. The van der Waals surface area contributed by atoms with Gasteiger partial charge in [-0.3, -0.25) is 0 Å². The molecule has 0 saturated heterocycles. The highest BCUT2D eigenvalue weighted by atomic mass is 35.5. The van der Waals surface area contributed by atoms with Crippen molar-refractivity contribution in [1.29, 1.82) is 0 Å². The van der Waals surface area contributed by atoms with Gasteiger partial charge in [-0.2, -0.15) is 0 Å². The van der Waals surface area contributed by atoms with E-state index in [0.717, 1.165) is 25.0 Å². The van der Waals surface area contributed by atoms with Crippen LogP contribution in [0.3, 0.4) is 0 Å². The van der Waals surface area contributed by atoms with Crippen LogP contribution < -0.4 is 4.74 Å². The molecule has 0 N–H and O–H groups in total. The molecule has 1 fully saturated rings. The minimum absolute atomic E-state index is 0.165. The molecule has 1 aliphatic rings. The number of ether oxygens (including phenoxy) is 1. The van der Waals surface area contributed by atoms with E-state index in [0.29, 0.717) is 5.92 Å². The standard InChI is InChI=1S/C17H25ClO/c1-5-17(6-2)15(18)11-16(17)19-14-9-7-13(8-10-14)12(3)4/h7-10,12,15-16H,5-6,11H2,1-4H3. The van der Waals surface area contributed by atoms with E-state index < -0.39 is 0 Å². The van der Waals surface area contributed by atoms with Crippen LogP contribution in [0.1, 0.15) is 58.4 Å². The first-order valence-corrected chi connectivity index (χ1v) is 7.87. The van der Waals surface area contributed by atoms with Gasteiger partial charge in [0.2, 0.25) is 0 Å². The van der Waals surface area contributed by atoms with Gasteiger partial charge in [-0.1, -0.05) is 39.8 Å². The normalized spacial score (nSPS) is 25.2. The molecule has 2 unspecified atom stereocenters. The molecule has 0 heterocycles.